The Labute approximate surface area is 160 Å². The van der Waals surface area contributed by atoms with Crippen molar-refractivity contribution in [3.63, 3.8) is 0 Å². The summed E-state index contributed by atoms with van der Waals surface area (Å²) in [5.41, 5.74) is 1.01. The van der Waals surface area contributed by atoms with Crippen molar-refractivity contribution in [2.45, 2.75) is 53.5 Å². The van der Waals surface area contributed by atoms with Crippen LogP contribution in [0.4, 0.5) is 0 Å². The van der Waals surface area contributed by atoms with Crippen LogP contribution in [0.2, 0.25) is 0 Å². The highest BCUT2D eigenvalue weighted by atomic mass is 16.3. The van der Waals surface area contributed by atoms with Crippen LogP contribution in [0.1, 0.15) is 52.7 Å². The predicted octanol–water partition coefficient (Wildman–Crippen LogP) is 5.45. The van der Waals surface area contributed by atoms with E-state index in [1.54, 1.807) is 0 Å². The molecule has 0 spiro atoms. The Morgan fingerprint density at radius 2 is 1.46 bits per heavy atom. The van der Waals surface area contributed by atoms with Crippen molar-refractivity contribution >= 4 is 11.0 Å². The Balaban J connectivity index is 1.83. The molecule has 1 aromatic carbocycles. The summed E-state index contributed by atoms with van der Waals surface area (Å²) in [6, 6.07) is 10.5. The fraction of sp³-hybridized carbons (Fsp3) is 0.652. The molecular formula is C23H40N2O+2. The van der Waals surface area contributed by atoms with Gasteiger partial charge in [0.15, 0.2) is 5.76 Å². The average Bonchev–Trinajstić information content (AvgIpc) is 3.07. The van der Waals surface area contributed by atoms with Gasteiger partial charge in [0, 0.05) is 5.39 Å². The third-order valence-corrected chi connectivity index (χ3v) is 6.62. The molecule has 0 saturated heterocycles. The molecule has 0 aliphatic heterocycles. The van der Waals surface area contributed by atoms with Crippen molar-refractivity contribution in [2.75, 3.05) is 46.3 Å². The normalized spacial score (nSPS) is 14.7. The van der Waals surface area contributed by atoms with E-state index in [2.05, 4.69) is 59.0 Å². The second-order valence-corrected chi connectivity index (χ2v) is 8.14. The maximum Gasteiger partial charge on any atom is 0.159 e. The number of hydrogen-bond acceptors (Lipinski definition) is 1. The van der Waals surface area contributed by atoms with Gasteiger partial charge >= 0.3 is 0 Å². The predicted molar refractivity (Wildman–Crippen MR) is 112 cm³/mol. The van der Waals surface area contributed by atoms with Gasteiger partial charge in [-0.05, 0) is 59.1 Å². The number of fused-ring (bicyclic) bond motifs is 1. The minimum atomic E-state index is 0.990. The lowest BCUT2D eigenvalue weighted by atomic mass is 10.1. The molecule has 0 saturated carbocycles. The first-order valence-electron chi connectivity index (χ1n) is 10.7. The topological polar surface area (TPSA) is 13.1 Å². The molecule has 2 rings (SSSR count). The molecule has 0 amide bonds. The Morgan fingerprint density at radius 3 is 2.08 bits per heavy atom. The number of furan rings is 1. The Bertz CT molecular complexity index is 618. The van der Waals surface area contributed by atoms with E-state index in [1.807, 2.05) is 6.07 Å². The molecule has 0 N–H and O–H groups in total. The van der Waals surface area contributed by atoms with Gasteiger partial charge in [0.05, 0.1) is 46.3 Å². The van der Waals surface area contributed by atoms with Gasteiger partial charge in [0.1, 0.15) is 12.1 Å². The van der Waals surface area contributed by atoms with E-state index in [9.17, 15) is 0 Å². The van der Waals surface area contributed by atoms with Gasteiger partial charge in [0.2, 0.25) is 0 Å². The summed E-state index contributed by atoms with van der Waals surface area (Å²) >= 11 is 0. The summed E-state index contributed by atoms with van der Waals surface area (Å²) < 4.78 is 8.40. The second-order valence-electron chi connectivity index (χ2n) is 8.14. The average molecular weight is 361 g/mol. The molecule has 0 radical (unpaired) electrons. The van der Waals surface area contributed by atoms with Crippen molar-refractivity contribution in [1.29, 1.82) is 0 Å². The SMILES string of the molecule is CC[N+](CC)(CC)CCCCC[N@@+](C)(CC)Cc1cc2ccccc2o1. The largest absolute Gasteiger partial charge is 0.455 e. The maximum atomic E-state index is 6.06. The zero-order valence-corrected chi connectivity index (χ0v) is 17.8. The quantitative estimate of drug-likeness (QED) is 0.362. The van der Waals surface area contributed by atoms with Crippen LogP contribution >= 0.6 is 0 Å². The third-order valence-electron chi connectivity index (χ3n) is 6.62. The van der Waals surface area contributed by atoms with Gasteiger partial charge < -0.3 is 13.4 Å². The molecule has 0 aliphatic carbocycles. The van der Waals surface area contributed by atoms with Gasteiger partial charge in [-0.2, -0.15) is 0 Å². The van der Waals surface area contributed by atoms with Crippen molar-refractivity contribution in [1.82, 2.24) is 0 Å². The highest BCUT2D eigenvalue weighted by Gasteiger charge is 2.23. The smallest absolute Gasteiger partial charge is 0.159 e. The van der Waals surface area contributed by atoms with E-state index in [-0.39, 0.29) is 0 Å². The number of benzene rings is 1. The monoisotopic (exact) mass is 360 g/mol. The molecule has 3 nitrogen and oxygen atoms in total. The minimum Gasteiger partial charge on any atom is -0.455 e. The van der Waals surface area contributed by atoms with Crippen LogP contribution in [0, 0.1) is 0 Å². The number of para-hydroxylation sites is 1. The zero-order valence-electron chi connectivity index (χ0n) is 17.8. The van der Waals surface area contributed by atoms with Gasteiger partial charge in [0.25, 0.3) is 0 Å². The van der Waals surface area contributed by atoms with E-state index in [1.165, 1.54) is 61.9 Å². The van der Waals surface area contributed by atoms with Crippen LogP contribution < -0.4 is 0 Å². The Kier molecular flexibility index (Phi) is 7.72. The lowest BCUT2D eigenvalue weighted by Gasteiger charge is -2.36. The van der Waals surface area contributed by atoms with E-state index in [0.717, 1.165) is 28.9 Å². The van der Waals surface area contributed by atoms with E-state index in [4.69, 9.17) is 4.42 Å². The molecule has 0 aliphatic rings. The van der Waals surface area contributed by atoms with Gasteiger partial charge in [-0.15, -0.1) is 0 Å². The van der Waals surface area contributed by atoms with E-state index in [0.29, 0.717) is 0 Å². The lowest BCUT2D eigenvalue weighted by molar-refractivity contribution is -0.924. The van der Waals surface area contributed by atoms with Crippen LogP contribution in [-0.4, -0.2) is 55.3 Å². The van der Waals surface area contributed by atoms with Crippen LogP contribution in [0.15, 0.2) is 34.7 Å². The first-order chi connectivity index (χ1) is 12.5. The van der Waals surface area contributed by atoms with Crippen molar-refractivity contribution in [2.24, 2.45) is 0 Å². The molecule has 1 aromatic heterocycles. The van der Waals surface area contributed by atoms with E-state index >= 15 is 0 Å². The standard InChI is InChI=1S/C23H40N2O/c1-6-24(5,17-13-10-14-18-25(7-2,8-3)9-4)20-22-19-21-15-11-12-16-23(21)26-22/h11-12,15-16,19H,6-10,13-14,17-18,20H2,1-5H3/q+2/t24-/m1/s1. The van der Waals surface area contributed by atoms with Crippen molar-refractivity contribution in [3.8, 4) is 0 Å². The molecule has 1 heterocycles. The Morgan fingerprint density at radius 1 is 0.808 bits per heavy atom. The molecule has 0 bridgehead atoms. The van der Waals surface area contributed by atoms with Crippen LogP contribution in [-0.2, 0) is 6.54 Å². The zero-order chi connectivity index (χ0) is 19.0. The van der Waals surface area contributed by atoms with Gasteiger partial charge in [-0.1, -0.05) is 18.2 Å². The van der Waals surface area contributed by atoms with Crippen molar-refractivity contribution in [3.05, 3.63) is 36.1 Å². The summed E-state index contributed by atoms with van der Waals surface area (Å²) in [4.78, 5) is 0. The number of quaternary nitrogens is 2. The second kappa shape index (κ2) is 9.57. The molecule has 26 heavy (non-hydrogen) atoms. The molecule has 0 fully saturated rings. The lowest BCUT2D eigenvalue weighted by Crippen LogP contribution is -2.48. The van der Waals surface area contributed by atoms with Crippen LogP contribution in [0.5, 0.6) is 0 Å². The summed E-state index contributed by atoms with van der Waals surface area (Å²) in [7, 11) is 2.37. The highest BCUT2D eigenvalue weighted by Crippen LogP contribution is 2.22. The number of nitrogens with zero attached hydrogens (tertiary/aromatic N) is 2. The van der Waals surface area contributed by atoms with Crippen LogP contribution in [0.25, 0.3) is 11.0 Å². The number of hydrogen-bond donors (Lipinski definition) is 0. The summed E-state index contributed by atoms with van der Waals surface area (Å²) in [6.07, 6.45) is 4.00. The first-order valence-corrected chi connectivity index (χ1v) is 10.7. The minimum absolute atomic E-state index is 0.990. The fourth-order valence-electron chi connectivity index (χ4n) is 4.10. The number of unbranched alkanes of at least 4 members (excludes halogenated alkanes) is 2. The van der Waals surface area contributed by atoms with Gasteiger partial charge in [-0.25, -0.2) is 0 Å². The molecule has 0 unspecified atom stereocenters. The maximum absolute atomic E-state index is 6.06. The van der Waals surface area contributed by atoms with E-state index < -0.39 is 0 Å². The summed E-state index contributed by atoms with van der Waals surface area (Å²) in [6.45, 7) is 17.8. The molecular weight excluding hydrogens is 320 g/mol. The molecule has 1 atom stereocenters. The first kappa shape index (κ1) is 21.0. The highest BCUT2D eigenvalue weighted by molar-refractivity contribution is 5.77. The fourth-order valence-corrected chi connectivity index (χ4v) is 4.10. The van der Waals surface area contributed by atoms with Gasteiger partial charge in [-0.3, -0.25) is 0 Å². The number of rotatable bonds is 12. The summed E-state index contributed by atoms with van der Waals surface area (Å²) in [5, 5.41) is 1.22. The third kappa shape index (κ3) is 5.34. The molecule has 3 heteroatoms. The molecule has 146 valence electrons. The van der Waals surface area contributed by atoms with Crippen molar-refractivity contribution < 1.29 is 13.4 Å². The Hall–Kier alpha value is -1.32. The van der Waals surface area contributed by atoms with Crippen LogP contribution in [0.3, 0.4) is 0 Å². The molecule has 2 aromatic rings. The summed E-state index contributed by atoms with van der Waals surface area (Å²) in [5.74, 6) is 1.12.